The number of nitrogens with zero attached hydrogens (tertiary/aromatic N) is 1. The zero-order valence-electron chi connectivity index (χ0n) is 10.3. The first-order valence-electron chi connectivity index (χ1n) is 5.62. The molecular weight excluding hydrogens is 250 g/mol. The summed E-state index contributed by atoms with van der Waals surface area (Å²) in [5, 5.41) is 0.558. The SMILES string of the molecule is Cc1ccc(CN(C)C(=O)c2cccc(Cl)c2)o1. The number of halogens is 1. The third-order valence-electron chi connectivity index (χ3n) is 2.61. The van der Waals surface area contributed by atoms with Gasteiger partial charge in [-0.15, -0.1) is 0 Å². The summed E-state index contributed by atoms with van der Waals surface area (Å²) in [6.07, 6.45) is 0. The Labute approximate surface area is 111 Å². The van der Waals surface area contributed by atoms with Crippen molar-refractivity contribution in [1.29, 1.82) is 0 Å². The molecule has 18 heavy (non-hydrogen) atoms. The van der Waals surface area contributed by atoms with Gasteiger partial charge < -0.3 is 9.32 Å². The fourth-order valence-electron chi connectivity index (χ4n) is 1.72. The van der Waals surface area contributed by atoms with Crippen LogP contribution >= 0.6 is 11.6 Å². The number of aryl methyl sites for hydroxylation is 1. The van der Waals surface area contributed by atoms with Crippen LogP contribution in [0, 0.1) is 6.92 Å². The molecule has 0 spiro atoms. The fourth-order valence-corrected chi connectivity index (χ4v) is 1.91. The van der Waals surface area contributed by atoms with Gasteiger partial charge >= 0.3 is 0 Å². The number of amides is 1. The molecule has 2 aromatic rings. The van der Waals surface area contributed by atoms with E-state index in [4.69, 9.17) is 16.0 Å². The van der Waals surface area contributed by atoms with Gasteiger partial charge in [-0.05, 0) is 37.3 Å². The quantitative estimate of drug-likeness (QED) is 0.849. The van der Waals surface area contributed by atoms with E-state index < -0.39 is 0 Å². The summed E-state index contributed by atoms with van der Waals surface area (Å²) in [4.78, 5) is 13.7. The lowest BCUT2D eigenvalue weighted by Crippen LogP contribution is -2.25. The maximum atomic E-state index is 12.1. The summed E-state index contributed by atoms with van der Waals surface area (Å²) in [6, 6.07) is 10.7. The molecule has 0 saturated heterocycles. The Kier molecular flexibility index (Phi) is 3.72. The van der Waals surface area contributed by atoms with E-state index in [1.165, 1.54) is 0 Å². The van der Waals surface area contributed by atoms with Crippen molar-refractivity contribution in [3.05, 3.63) is 58.5 Å². The second-order valence-electron chi connectivity index (χ2n) is 4.18. The highest BCUT2D eigenvalue weighted by molar-refractivity contribution is 6.30. The Morgan fingerprint density at radius 3 is 2.72 bits per heavy atom. The van der Waals surface area contributed by atoms with Gasteiger partial charge in [-0.2, -0.15) is 0 Å². The molecule has 0 saturated carbocycles. The van der Waals surface area contributed by atoms with E-state index in [1.54, 1.807) is 36.2 Å². The zero-order valence-corrected chi connectivity index (χ0v) is 11.1. The fraction of sp³-hybridized carbons (Fsp3) is 0.214. The van der Waals surface area contributed by atoms with Gasteiger partial charge in [0.15, 0.2) is 0 Å². The molecule has 0 N–H and O–H groups in total. The maximum absolute atomic E-state index is 12.1. The van der Waals surface area contributed by atoms with Gasteiger partial charge in [0.05, 0.1) is 6.54 Å². The minimum Gasteiger partial charge on any atom is -0.464 e. The van der Waals surface area contributed by atoms with Crippen molar-refractivity contribution >= 4 is 17.5 Å². The van der Waals surface area contributed by atoms with Crippen molar-refractivity contribution < 1.29 is 9.21 Å². The molecule has 0 unspecified atom stereocenters. The molecule has 2 rings (SSSR count). The molecule has 1 heterocycles. The number of carbonyl (C=O) groups excluding carboxylic acids is 1. The van der Waals surface area contributed by atoms with Crippen LogP contribution in [0.15, 0.2) is 40.8 Å². The van der Waals surface area contributed by atoms with E-state index in [1.807, 2.05) is 19.1 Å². The third kappa shape index (κ3) is 2.93. The average Bonchev–Trinajstić information content (AvgIpc) is 2.73. The van der Waals surface area contributed by atoms with Crippen LogP contribution in [0.3, 0.4) is 0 Å². The largest absolute Gasteiger partial charge is 0.464 e. The van der Waals surface area contributed by atoms with E-state index >= 15 is 0 Å². The van der Waals surface area contributed by atoms with E-state index in [0.717, 1.165) is 11.5 Å². The highest BCUT2D eigenvalue weighted by atomic mass is 35.5. The van der Waals surface area contributed by atoms with Crippen molar-refractivity contribution in [2.75, 3.05) is 7.05 Å². The van der Waals surface area contributed by atoms with E-state index in [0.29, 0.717) is 17.1 Å². The Balaban J connectivity index is 2.09. The number of hydrogen-bond donors (Lipinski definition) is 0. The van der Waals surface area contributed by atoms with Gasteiger partial charge in [-0.3, -0.25) is 4.79 Å². The third-order valence-corrected chi connectivity index (χ3v) is 2.84. The van der Waals surface area contributed by atoms with Crippen molar-refractivity contribution in [2.24, 2.45) is 0 Å². The second kappa shape index (κ2) is 5.27. The predicted molar refractivity (Wildman–Crippen MR) is 70.7 cm³/mol. The van der Waals surface area contributed by atoms with Crippen LogP contribution in [-0.4, -0.2) is 17.9 Å². The molecule has 0 atom stereocenters. The van der Waals surface area contributed by atoms with Crippen LogP contribution in [0.5, 0.6) is 0 Å². The zero-order chi connectivity index (χ0) is 13.1. The minimum absolute atomic E-state index is 0.0773. The Bertz CT molecular complexity index is 562. The van der Waals surface area contributed by atoms with Gasteiger partial charge in [0.25, 0.3) is 5.91 Å². The summed E-state index contributed by atoms with van der Waals surface area (Å²) in [5.74, 6) is 1.53. The van der Waals surface area contributed by atoms with Crippen molar-refractivity contribution in [3.8, 4) is 0 Å². The molecule has 0 radical (unpaired) electrons. The predicted octanol–water partition coefficient (Wildman–Crippen LogP) is 3.51. The van der Waals surface area contributed by atoms with Crippen LogP contribution in [0.2, 0.25) is 5.02 Å². The summed E-state index contributed by atoms with van der Waals surface area (Å²) >= 11 is 5.87. The van der Waals surface area contributed by atoms with E-state index in [9.17, 15) is 4.79 Å². The van der Waals surface area contributed by atoms with Crippen molar-refractivity contribution in [1.82, 2.24) is 4.90 Å². The smallest absolute Gasteiger partial charge is 0.254 e. The number of furan rings is 1. The molecule has 1 aromatic carbocycles. The van der Waals surface area contributed by atoms with Gasteiger partial charge in [-0.1, -0.05) is 17.7 Å². The average molecular weight is 264 g/mol. The first kappa shape index (κ1) is 12.7. The number of benzene rings is 1. The highest BCUT2D eigenvalue weighted by Gasteiger charge is 2.13. The molecular formula is C14H14ClNO2. The lowest BCUT2D eigenvalue weighted by atomic mass is 10.2. The summed E-state index contributed by atoms with van der Waals surface area (Å²) < 4.78 is 5.44. The van der Waals surface area contributed by atoms with Crippen molar-refractivity contribution in [3.63, 3.8) is 0 Å². The highest BCUT2D eigenvalue weighted by Crippen LogP contribution is 2.14. The van der Waals surface area contributed by atoms with Gasteiger partial charge in [0.2, 0.25) is 0 Å². The minimum atomic E-state index is -0.0773. The summed E-state index contributed by atoms with van der Waals surface area (Å²) in [5.41, 5.74) is 0.577. The molecule has 4 heteroatoms. The lowest BCUT2D eigenvalue weighted by molar-refractivity contribution is 0.0775. The second-order valence-corrected chi connectivity index (χ2v) is 4.62. The lowest BCUT2D eigenvalue weighted by Gasteiger charge is -2.15. The van der Waals surface area contributed by atoms with E-state index in [2.05, 4.69) is 0 Å². The molecule has 1 amide bonds. The molecule has 0 aliphatic rings. The Hall–Kier alpha value is -1.74. The molecule has 0 fully saturated rings. The van der Waals surface area contributed by atoms with Gasteiger partial charge in [-0.25, -0.2) is 0 Å². The summed E-state index contributed by atoms with van der Waals surface area (Å²) in [6.45, 7) is 2.32. The Morgan fingerprint density at radius 1 is 1.33 bits per heavy atom. The van der Waals surface area contributed by atoms with Crippen LogP contribution in [0.25, 0.3) is 0 Å². The topological polar surface area (TPSA) is 33.5 Å². The first-order chi connectivity index (χ1) is 8.56. The van der Waals surface area contributed by atoms with Gasteiger partial charge in [0, 0.05) is 17.6 Å². The standard InChI is InChI=1S/C14H14ClNO2/c1-10-6-7-13(18-10)9-16(2)14(17)11-4-3-5-12(15)8-11/h3-8H,9H2,1-2H3. The molecule has 0 bridgehead atoms. The Morgan fingerprint density at radius 2 is 2.11 bits per heavy atom. The van der Waals surface area contributed by atoms with Crippen LogP contribution in [-0.2, 0) is 6.54 Å². The van der Waals surface area contributed by atoms with Crippen LogP contribution in [0.4, 0.5) is 0 Å². The summed E-state index contributed by atoms with van der Waals surface area (Å²) in [7, 11) is 1.74. The maximum Gasteiger partial charge on any atom is 0.254 e. The molecule has 0 aliphatic heterocycles. The molecule has 0 aliphatic carbocycles. The van der Waals surface area contributed by atoms with Gasteiger partial charge in [0.1, 0.15) is 11.5 Å². The van der Waals surface area contributed by atoms with Crippen LogP contribution in [0.1, 0.15) is 21.9 Å². The van der Waals surface area contributed by atoms with Crippen LogP contribution < -0.4 is 0 Å². The van der Waals surface area contributed by atoms with Crippen molar-refractivity contribution in [2.45, 2.75) is 13.5 Å². The molecule has 3 nitrogen and oxygen atoms in total. The van der Waals surface area contributed by atoms with E-state index in [-0.39, 0.29) is 5.91 Å². The monoisotopic (exact) mass is 263 g/mol. The number of hydrogen-bond acceptors (Lipinski definition) is 2. The number of carbonyl (C=O) groups is 1. The normalized spacial score (nSPS) is 10.4. The molecule has 94 valence electrons. The number of rotatable bonds is 3. The first-order valence-corrected chi connectivity index (χ1v) is 6.00. The molecule has 1 aromatic heterocycles.